The van der Waals surface area contributed by atoms with E-state index in [0.717, 1.165) is 38.4 Å². The Morgan fingerprint density at radius 1 is 1.30 bits per heavy atom. The van der Waals surface area contributed by atoms with Crippen molar-refractivity contribution in [2.75, 3.05) is 13.1 Å². The summed E-state index contributed by atoms with van der Waals surface area (Å²) in [5.41, 5.74) is 0.489. The van der Waals surface area contributed by atoms with Crippen molar-refractivity contribution in [2.24, 2.45) is 5.92 Å². The summed E-state index contributed by atoms with van der Waals surface area (Å²) in [5.74, 6) is -1.64. The van der Waals surface area contributed by atoms with Crippen LogP contribution in [0.5, 0.6) is 0 Å². The van der Waals surface area contributed by atoms with Gasteiger partial charge in [0.25, 0.3) is 0 Å². The molecule has 1 aliphatic heterocycles. The molecule has 110 valence electrons. The van der Waals surface area contributed by atoms with E-state index in [0.29, 0.717) is 12.1 Å². The van der Waals surface area contributed by atoms with E-state index in [1.54, 1.807) is 0 Å². The molecule has 0 bridgehead atoms. The number of carbonyl (C=O) groups is 1. The van der Waals surface area contributed by atoms with Crippen molar-refractivity contribution >= 4 is 5.97 Å². The van der Waals surface area contributed by atoms with Gasteiger partial charge in [0.2, 0.25) is 0 Å². The Morgan fingerprint density at radius 3 is 2.80 bits per heavy atom. The zero-order valence-electron chi connectivity index (χ0n) is 11.3. The van der Waals surface area contributed by atoms with E-state index in [1.807, 2.05) is 0 Å². The summed E-state index contributed by atoms with van der Waals surface area (Å²) in [6, 6.07) is 3.65. The van der Waals surface area contributed by atoms with Gasteiger partial charge in [0.05, 0.1) is 0 Å². The summed E-state index contributed by atoms with van der Waals surface area (Å²) in [7, 11) is 0. The van der Waals surface area contributed by atoms with Crippen molar-refractivity contribution in [1.82, 2.24) is 4.90 Å². The fourth-order valence-electron chi connectivity index (χ4n) is 2.72. The summed E-state index contributed by atoms with van der Waals surface area (Å²) in [6.45, 7) is 2.04. The number of benzene rings is 1. The van der Waals surface area contributed by atoms with Crippen molar-refractivity contribution in [3.05, 3.63) is 35.4 Å². The van der Waals surface area contributed by atoms with Crippen LogP contribution in [0.1, 0.15) is 31.2 Å². The zero-order valence-corrected chi connectivity index (χ0v) is 11.3. The van der Waals surface area contributed by atoms with Crippen LogP contribution in [0.25, 0.3) is 0 Å². The Kier molecular flexibility index (Phi) is 5.06. The lowest BCUT2D eigenvalue weighted by Gasteiger charge is -2.20. The Bertz CT molecular complexity index is 479. The van der Waals surface area contributed by atoms with Gasteiger partial charge in [0.1, 0.15) is 11.6 Å². The highest BCUT2D eigenvalue weighted by Gasteiger charge is 2.20. The van der Waals surface area contributed by atoms with Crippen molar-refractivity contribution in [3.63, 3.8) is 0 Å². The van der Waals surface area contributed by atoms with Crippen LogP contribution in [0.4, 0.5) is 8.78 Å². The molecule has 1 N–H and O–H groups in total. The number of nitrogens with zero attached hydrogens (tertiary/aromatic N) is 1. The maximum Gasteiger partial charge on any atom is 0.303 e. The fraction of sp³-hybridized carbons (Fsp3) is 0.533. The molecule has 1 heterocycles. The molecule has 0 aliphatic carbocycles. The summed E-state index contributed by atoms with van der Waals surface area (Å²) in [6.07, 6.45) is 2.84. The largest absolute Gasteiger partial charge is 0.481 e. The molecule has 0 saturated carbocycles. The predicted octanol–water partition coefficient (Wildman–Crippen LogP) is 3.04. The Hall–Kier alpha value is -1.49. The van der Waals surface area contributed by atoms with Gasteiger partial charge in [-0.05, 0) is 44.3 Å². The zero-order chi connectivity index (χ0) is 14.5. The molecule has 2 rings (SSSR count). The molecule has 0 radical (unpaired) electrons. The number of halogens is 2. The molecule has 0 unspecified atom stereocenters. The van der Waals surface area contributed by atoms with Gasteiger partial charge in [0.15, 0.2) is 0 Å². The number of carboxylic acids is 1. The molecule has 0 aromatic heterocycles. The number of likely N-dealkylation sites (tertiary alicyclic amines) is 1. The third kappa shape index (κ3) is 4.27. The molecular weight excluding hydrogens is 264 g/mol. The molecule has 0 amide bonds. The van der Waals surface area contributed by atoms with Crippen LogP contribution in [-0.2, 0) is 11.3 Å². The number of rotatable bonds is 4. The van der Waals surface area contributed by atoms with Crippen LogP contribution in [0, 0.1) is 17.6 Å². The first-order valence-corrected chi connectivity index (χ1v) is 6.92. The summed E-state index contributed by atoms with van der Waals surface area (Å²) < 4.78 is 26.5. The predicted molar refractivity (Wildman–Crippen MR) is 71.2 cm³/mol. The van der Waals surface area contributed by atoms with E-state index in [4.69, 9.17) is 5.11 Å². The van der Waals surface area contributed by atoms with Gasteiger partial charge in [-0.15, -0.1) is 0 Å². The van der Waals surface area contributed by atoms with Gasteiger partial charge in [-0.25, -0.2) is 8.78 Å². The first-order chi connectivity index (χ1) is 9.54. The molecule has 1 aromatic rings. The fourth-order valence-corrected chi connectivity index (χ4v) is 2.72. The third-order valence-corrected chi connectivity index (χ3v) is 3.81. The lowest BCUT2D eigenvalue weighted by Crippen LogP contribution is -2.25. The van der Waals surface area contributed by atoms with Gasteiger partial charge in [0, 0.05) is 24.6 Å². The Labute approximate surface area is 117 Å². The van der Waals surface area contributed by atoms with Crippen LogP contribution >= 0.6 is 0 Å². The molecule has 0 spiro atoms. The number of hydrogen-bond acceptors (Lipinski definition) is 2. The van der Waals surface area contributed by atoms with Crippen molar-refractivity contribution in [2.45, 2.75) is 32.2 Å². The quantitative estimate of drug-likeness (QED) is 0.923. The molecule has 1 fully saturated rings. The average Bonchev–Trinajstić information content (AvgIpc) is 2.58. The van der Waals surface area contributed by atoms with Crippen LogP contribution < -0.4 is 0 Å². The first-order valence-electron chi connectivity index (χ1n) is 6.92. The topological polar surface area (TPSA) is 40.5 Å². The molecule has 20 heavy (non-hydrogen) atoms. The van der Waals surface area contributed by atoms with Crippen LogP contribution in [0.15, 0.2) is 18.2 Å². The van der Waals surface area contributed by atoms with E-state index in [1.165, 1.54) is 12.1 Å². The highest BCUT2D eigenvalue weighted by atomic mass is 19.1. The van der Waals surface area contributed by atoms with E-state index in [-0.39, 0.29) is 12.3 Å². The second kappa shape index (κ2) is 6.79. The number of aliphatic carboxylic acids is 1. The monoisotopic (exact) mass is 283 g/mol. The van der Waals surface area contributed by atoms with E-state index >= 15 is 0 Å². The molecule has 1 saturated heterocycles. The lowest BCUT2D eigenvalue weighted by atomic mass is 9.97. The van der Waals surface area contributed by atoms with Crippen LogP contribution in [0.2, 0.25) is 0 Å². The lowest BCUT2D eigenvalue weighted by molar-refractivity contribution is -0.138. The standard InChI is InChI=1S/C15H19F2NO2/c16-13-4-3-12(14(17)9-13)10-18-6-1-2-11(5-7-18)8-15(19)20/h3-4,9,11H,1-2,5-8,10H2,(H,19,20)/t11-/m0/s1. The summed E-state index contributed by atoms with van der Waals surface area (Å²) in [5, 5.41) is 8.82. The first kappa shape index (κ1) is 14.9. The average molecular weight is 283 g/mol. The van der Waals surface area contributed by atoms with Gasteiger partial charge >= 0.3 is 5.97 Å². The van der Waals surface area contributed by atoms with Crippen LogP contribution in [-0.4, -0.2) is 29.1 Å². The Morgan fingerprint density at radius 2 is 2.10 bits per heavy atom. The van der Waals surface area contributed by atoms with Gasteiger partial charge in [-0.3, -0.25) is 9.69 Å². The minimum absolute atomic E-state index is 0.204. The van der Waals surface area contributed by atoms with E-state index in [9.17, 15) is 13.6 Å². The maximum atomic E-state index is 13.6. The molecule has 5 heteroatoms. The second-order valence-corrected chi connectivity index (χ2v) is 5.41. The smallest absolute Gasteiger partial charge is 0.303 e. The molecule has 3 nitrogen and oxygen atoms in total. The number of hydrogen-bond donors (Lipinski definition) is 1. The van der Waals surface area contributed by atoms with Gasteiger partial charge < -0.3 is 5.11 Å². The Balaban J connectivity index is 1.92. The van der Waals surface area contributed by atoms with Crippen molar-refractivity contribution < 1.29 is 18.7 Å². The maximum absolute atomic E-state index is 13.6. The van der Waals surface area contributed by atoms with Crippen molar-refractivity contribution in [3.8, 4) is 0 Å². The van der Waals surface area contributed by atoms with Gasteiger partial charge in [-0.2, -0.15) is 0 Å². The molecular formula is C15H19F2NO2. The SMILES string of the molecule is O=C(O)C[C@H]1CCCN(Cc2ccc(F)cc2F)CC1. The second-order valence-electron chi connectivity index (χ2n) is 5.41. The highest BCUT2D eigenvalue weighted by molar-refractivity contribution is 5.67. The summed E-state index contributed by atoms with van der Waals surface area (Å²) in [4.78, 5) is 12.8. The van der Waals surface area contributed by atoms with Gasteiger partial charge in [-0.1, -0.05) is 6.07 Å². The van der Waals surface area contributed by atoms with Crippen LogP contribution in [0.3, 0.4) is 0 Å². The normalized spacial score (nSPS) is 20.6. The third-order valence-electron chi connectivity index (χ3n) is 3.81. The molecule has 1 aliphatic rings. The summed E-state index contributed by atoms with van der Waals surface area (Å²) >= 11 is 0. The minimum atomic E-state index is -0.756. The van der Waals surface area contributed by atoms with E-state index < -0.39 is 17.6 Å². The minimum Gasteiger partial charge on any atom is -0.481 e. The number of carboxylic acid groups (broad SMARTS) is 1. The molecule has 1 atom stereocenters. The highest BCUT2D eigenvalue weighted by Crippen LogP contribution is 2.22. The molecule has 1 aromatic carbocycles. The van der Waals surface area contributed by atoms with Crippen molar-refractivity contribution in [1.29, 1.82) is 0 Å². The van der Waals surface area contributed by atoms with E-state index in [2.05, 4.69) is 4.90 Å².